The Morgan fingerprint density at radius 1 is 1.00 bits per heavy atom. The molecule has 4 aromatic rings. The molecule has 0 bridgehead atoms. The van der Waals surface area contributed by atoms with E-state index in [1.165, 1.54) is 5.56 Å². The largest absolute Gasteiger partial charge is 0.348 e. The maximum atomic E-state index is 12.1. The summed E-state index contributed by atoms with van der Waals surface area (Å²) in [6, 6.07) is 19.8. The van der Waals surface area contributed by atoms with Gasteiger partial charge in [-0.15, -0.1) is 0 Å². The SMILES string of the molecule is O=C(NCc1ccc(CSc2nc3ccccc3[nH]2)cc1)c1cccnc1. The van der Waals surface area contributed by atoms with E-state index in [0.717, 1.165) is 27.5 Å². The molecule has 0 atom stereocenters. The fraction of sp³-hybridized carbons (Fsp3) is 0.0952. The molecular formula is C21H18N4OS. The zero-order chi connectivity index (χ0) is 18.5. The second-order valence-corrected chi connectivity index (χ2v) is 7.05. The van der Waals surface area contributed by atoms with Gasteiger partial charge in [0.1, 0.15) is 0 Å². The zero-order valence-corrected chi connectivity index (χ0v) is 15.4. The molecule has 0 spiro atoms. The number of hydrogen-bond acceptors (Lipinski definition) is 4. The number of amides is 1. The number of nitrogens with zero attached hydrogens (tertiary/aromatic N) is 2. The maximum Gasteiger partial charge on any atom is 0.253 e. The number of thioether (sulfide) groups is 1. The number of imidazole rings is 1. The number of carbonyl (C=O) groups is 1. The van der Waals surface area contributed by atoms with Gasteiger partial charge in [0.2, 0.25) is 0 Å². The highest BCUT2D eigenvalue weighted by molar-refractivity contribution is 7.98. The summed E-state index contributed by atoms with van der Waals surface area (Å²) in [4.78, 5) is 23.9. The number of H-pyrrole nitrogens is 1. The molecule has 0 saturated heterocycles. The van der Waals surface area contributed by atoms with Crippen molar-refractivity contribution in [3.8, 4) is 0 Å². The Labute approximate surface area is 161 Å². The smallest absolute Gasteiger partial charge is 0.253 e. The topological polar surface area (TPSA) is 70.7 Å². The lowest BCUT2D eigenvalue weighted by atomic mass is 10.1. The normalized spacial score (nSPS) is 10.8. The molecule has 2 heterocycles. The molecule has 0 unspecified atom stereocenters. The number of hydrogen-bond donors (Lipinski definition) is 2. The van der Waals surface area contributed by atoms with Gasteiger partial charge in [-0.05, 0) is 35.4 Å². The fourth-order valence-corrected chi connectivity index (χ4v) is 3.53. The van der Waals surface area contributed by atoms with Gasteiger partial charge < -0.3 is 10.3 Å². The molecule has 1 amide bonds. The Balaban J connectivity index is 1.31. The number of fused-ring (bicyclic) bond motifs is 1. The predicted octanol–water partition coefficient (Wildman–Crippen LogP) is 4.18. The van der Waals surface area contributed by atoms with E-state index >= 15 is 0 Å². The molecule has 2 aromatic heterocycles. The minimum Gasteiger partial charge on any atom is -0.348 e. The van der Waals surface area contributed by atoms with Gasteiger partial charge in [0.05, 0.1) is 16.6 Å². The standard InChI is InChI=1S/C21H18N4OS/c26-20(17-4-3-11-22-13-17)23-12-15-7-9-16(10-8-15)14-27-21-24-18-5-1-2-6-19(18)25-21/h1-11,13H,12,14H2,(H,23,26)(H,24,25). The number of nitrogens with one attached hydrogen (secondary N) is 2. The van der Waals surface area contributed by atoms with E-state index in [1.807, 2.05) is 36.4 Å². The van der Waals surface area contributed by atoms with Crippen LogP contribution in [0.4, 0.5) is 0 Å². The Morgan fingerprint density at radius 2 is 1.81 bits per heavy atom. The molecule has 0 aliphatic rings. The van der Waals surface area contributed by atoms with Crippen molar-refractivity contribution in [1.82, 2.24) is 20.3 Å². The van der Waals surface area contributed by atoms with Crippen LogP contribution in [0.3, 0.4) is 0 Å². The fourth-order valence-electron chi connectivity index (χ4n) is 2.68. The average molecular weight is 374 g/mol. The van der Waals surface area contributed by atoms with Crippen LogP contribution >= 0.6 is 11.8 Å². The molecule has 6 heteroatoms. The van der Waals surface area contributed by atoms with Crippen LogP contribution in [0.15, 0.2) is 78.2 Å². The van der Waals surface area contributed by atoms with Crippen LogP contribution in [-0.2, 0) is 12.3 Å². The number of rotatable bonds is 6. The summed E-state index contributed by atoms with van der Waals surface area (Å²) in [5, 5.41) is 3.83. The number of aromatic amines is 1. The Morgan fingerprint density at radius 3 is 2.59 bits per heavy atom. The summed E-state index contributed by atoms with van der Waals surface area (Å²) in [6.45, 7) is 0.491. The molecule has 0 saturated carbocycles. The predicted molar refractivity (Wildman–Crippen MR) is 108 cm³/mol. The number of pyridine rings is 1. The molecule has 0 radical (unpaired) electrons. The van der Waals surface area contributed by atoms with Gasteiger partial charge in [-0.2, -0.15) is 0 Å². The van der Waals surface area contributed by atoms with Crippen LogP contribution in [0.25, 0.3) is 11.0 Å². The van der Waals surface area contributed by atoms with E-state index < -0.39 is 0 Å². The van der Waals surface area contributed by atoms with E-state index in [4.69, 9.17) is 0 Å². The van der Waals surface area contributed by atoms with E-state index in [1.54, 1.807) is 36.3 Å². The van der Waals surface area contributed by atoms with Gasteiger partial charge in [0, 0.05) is 24.7 Å². The zero-order valence-electron chi connectivity index (χ0n) is 14.6. The molecule has 134 valence electrons. The third-order valence-corrected chi connectivity index (χ3v) is 5.09. The van der Waals surface area contributed by atoms with Crippen LogP contribution < -0.4 is 5.32 Å². The van der Waals surface area contributed by atoms with Crippen LogP contribution in [-0.4, -0.2) is 20.9 Å². The highest BCUT2D eigenvalue weighted by atomic mass is 32.2. The number of para-hydroxylation sites is 2. The summed E-state index contributed by atoms with van der Waals surface area (Å²) in [7, 11) is 0. The van der Waals surface area contributed by atoms with Gasteiger partial charge >= 0.3 is 0 Å². The van der Waals surface area contributed by atoms with Crippen molar-refractivity contribution in [2.45, 2.75) is 17.5 Å². The van der Waals surface area contributed by atoms with Crippen molar-refractivity contribution in [1.29, 1.82) is 0 Å². The highest BCUT2D eigenvalue weighted by Crippen LogP contribution is 2.23. The molecule has 27 heavy (non-hydrogen) atoms. The summed E-state index contributed by atoms with van der Waals surface area (Å²) in [5.74, 6) is 0.718. The van der Waals surface area contributed by atoms with Crippen molar-refractivity contribution < 1.29 is 4.79 Å². The van der Waals surface area contributed by atoms with Gasteiger partial charge in [-0.1, -0.05) is 48.2 Å². The van der Waals surface area contributed by atoms with Crippen molar-refractivity contribution in [3.63, 3.8) is 0 Å². The molecule has 2 aromatic carbocycles. The van der Waals surface area contributed by atoms with E-state index in [2.05, 4.69) is 32.4 Å². The number of aromatic nitrogens is 3. The van der Waals surface area contributed by atoms with Gasteiger partial charge in [0.25, 0.3) is 5.91 Å². The van der Waals surface area contributed by atoms with E-state index in [-0.39, 0.29) is 5.91 Å². The molecule has 5 nitrogen and oxygen atoms in total. The molecule has 2 N–H and O–H groups in total. The second-order valence-electron chi connectivity index (χ2n) is 6.09. The first-order valence-electron chi connectivity index (χ1n) is 8.61. The summed E-state index contributed by atoms with van der Waals surface area (Å²) in [5.41, 5.74) is 4.88. The Kier molecular flexibility index (Phi) is 5.16. The maximum absolute atomic E-state index is 12.1. The van der Waals surface area contributed by atoms with Crippen molar-refractivity contribution in [2.75, 3.05) is 0 Å². The minimum absolute atomic E-state index is 0.118. The molecule has 0 aliphatic heterocycles. The van der Waals surface area contributed by atoms with Crippen LogP contribution in [0.5, 0.6) is 0 Å². The lowest BCUT2D eigenvalue weighted by molar-refractivity contribution is 0.0950. The summed E-state index contributed by atoms with van der Waals surface area (Å²) >= 11 is 1.68. The van der Waals surface area contributed by atoms with Crippen LogP contribution in [0.1, 0.15) is 21.5 Å². The van der Waals surface area contributed by atoms with Gasteiger partial charge in [-0.25, -0.2) is 4.98 Å². The summed E-state index contributed by atoms with van der Waals surface area (Å²) < 4.78 is 0. The lowest BCUT2D eigenvalue weighted by Gasteiger charge is -2.06. The van der Waals surface area contributed by atoms with Gasteiger partial charge in [-0.3, -0.25) is 9.78 Å². The molecule has 4 rings (SSSR count). The quantitative estimate of drug-likeness (QED) is 0.497. The molecule has 0 aliphatic carbocycles. The van der Waals surface area contributed by atoms with Crippen LogP contribution in [0, 0.1) is 0 Å². The monoisotopic (exact) mass is 374 g/mol. The first kappa shape index (κ1) is 17.3. The lowest BCUT2D eigenvalue weighted by Crippen LogP contribution is -2.22. The number of carbonyl (C=O) groups excluding carboxylic acids is 1. The Bertz CT molecular complexity index is 1010. The highest BCUT2D eigenvalue weighted by Gasteiger charge is 2.06. The van der Waals surface area contributed by atoms with Crippen LogP contribution in [0.2, 0.25) is 0 Å². The molecule has 0 fully saturated rings. The minimum atomic E-state index is -0.118. The van der Waals surface area contributed by atoms with Gasteiger partial charge in [0.15, 0.2) is 5.16 Å². The third-order valence-electron chi connectivity index (χ3n) is 4.14. The van der Waals surface area contributed by atoms with E-state index in [9.17, 15) is 4.79 Å². The van der Waals surface area contributed by atoms with Crippen molar-refractivity contribution in [2.24, 2.45) is 0 Å². The average Bonchev–Trinajstić information content (AvgIpc) is 3.15. The first-order chi connectivity index (χ1) is 13.3. The van der Waals surface area contributed by atoms with Crippen molar-refractivity contribution >= 4 is 28.7 Å². The second kappa shape index (κ2) is 8.05. The third kappa shape index (κ3) is 4.35. The number of benzene rings is 2. The van der Waals surface area contributed by atoms with Crippen molar-refractivity contribution in [3.05, 3.63) is 89.7 Å². The summed E-state index contributed by atoms with van der Waals surface area (Å²) in [6.07, 6.45) is 3.21. The Hall–Kier alpha value is -3.12. The molecular weight excluding hydrogens is 356 g/mol. The first-order valence-corrected chi connectivity index (χ1v) is 9.60. The van der Waals surface area contributed by atoms with E-state index in [0.29, 0.717) is 12.1 Å².